The number of anilines is 1. The van der Waals surface area contributed by atoms with Crippen LogP contribution in [0.5, 0.6) is 0 Å². The van der Waals surface area contributed by atoms with Crippen LogP contribution in [-0.2, 0) is 4.74 Å². The Hall–Kier alpha value is -1.16. The molecule has 3 nitrogen and oxygen atoms in total. The van der Waals surface area contributed by atoms with E-state index >= 15 is 0 Å². The lowest BCUT2D eigenvalue weighted by Crippen LogP contribution is -2.04. The van der Waals surface area contributed by atoms with E-state index < -0.39 is 0 Å². The Morgan fingerprint density at radius 2 is 2.45 bits per heavy atom. The summed E-state index contributed by atoms with van der Waals surface area (Å²) in [6.45, 7) is 0. The highest BCUT2D eigenvalue weighted by Crippen LogP contribution is 2.09. The number of ether oxygens (including phenoxy) is 1. The fourth-order valence-corrected chi connectivity index (χ4v) is 0.856. The highest BCUT2D eigenvalue weighted by atomic mass is 32.1. The van der Waals surface area contributed by atoms with Crippen molar-refractivity contribution in [3.05, 3.63) is 24.0 Å². The minimum atomic E-state index is 0.371. The van der Waals surface area contributed by atoms with Crippen molar-refractivity contribution in [2.24, 2.45) is 0 Å². The quantitative estimate of drug-likeness (QED) is 0.635. The summed E-state index contributed by atoms with van der Waals surface area (Å²) in [5.74, 6) is 0. The largest absolute Gasteiger partial charge is 0.486 e. The van der Waals surface area contributed by atoms with E-state index in [4.69, 9.17) is 22.7 Å². The van der Waals surface area contributed by atoms with Crippen LogP contribution in [0.1, 0.15) is 5.56 Å². The molecule has 0 aliphatic rings. The van der Waals surface area contributed by atoms with Gasteiger partial charge in [0.05, 0.1) is 12.7 Å². The normalized spacial score (nSPS) is 9.18. The van der Waals surface area contributed by atoms with E-state index in [1.54, 1.807) is 18.5 Å². The number of rotatable bonds is 1. The van der Waals surface area contributed by atoms with E-state index in [1.807, 2.05) is 0 Å². The molecular weight excluding hydrogens is 160 g/mol. The third-order valence-electron chi connectivity index (χ3n) is 1.26. The lowest BCUT2D eigenvalue weighted by molar-refractivity contribution is 0.416. The van der Waals surface area contributed by atoms with Crippen molar-refractivity contribution in [1.29, 1.82) is 0 Å². The first kappa shape index (κ1) is 7.94. The predicted molar refractivity (Wildman–Crippen MR) is 47.4 cm³/mol. The molecule has 1 rings (SSSR count). The van der Waals surface area contributed by atoms with Crippen LogP contribution in [0.25, 0.3) is 0 Å². The summed E-state index contributed by atoms with van der Waals surface area (Å²) in [7, 11) is 1.51. The highest BCUT2D eigenvalue weighted by Gasteiger charge is 2.03. The van der Waals surface area contributed by atoms with Gasteiger partial charge < -0.3 is 10.5 Å². The van der Waals surface area contributed by atoms with Gasteiger partial charge in [-0.25, -0.2) is 0 Å². The molecule has 0 saturated carbocycles. The fraction of sp³-hybridized carbons (Fsp3) is 0.143. The molecule has 2 N–H and O–H groups in total. The third kappa shape index (κ3) is 1.65. The summed E-state index contributed by atoms with van der Waals surface area (Å²) in [5, 5.41) is 0.371. The summed E-state index contributed by atoms with van der Waals surface area (Å²) >= 11 is 4.87. The monoisotopic (exact) mass is 168 g/mol. The number of nitrogens with two attached hydrogens (primary N) is 1. The molecule has 0 bridgehead atoms. The van der Waals surface area contributed by atoms with Gasteiger partial charge >= 0.3 is 0 Å². The molecular formula is C7H8N2OS. The Morgan fingerprint density at radius 3 is 3.00 bits per heavy atom. The van der Waals surface area contributed by atoms with Gasteiger partial charge in [0.2, 0.25) is 0 Å². The number of hydrogen-bond acceptors (Lipinski definition) is 4. The number of hydrogen-bond donors (Lipinski definition) is 1. The van der Waals surface area contributed by atoms with Gasteiger partial charge in [-0.1, -0.05) is 0 Å². The molecule has 0 aliphatic carbocycles. The van der Waals surface area contributed by atoms with Crippen LogP contribution in [0.3, 0.4) is 0 Å². The molecule has 11 heavy (non-hydrogen) atoms. The zero-order chi connectivity index (χ0) is 8.27. The van der Waals surface area contributed by atoms with Gasteiger partial charge in [-0.3, -0.25) is 4.98 Å². The van der Waals surface area contributed by atoms with Gasteiger partial charge in [-0.2, -0.15) is 0 Å². The Morgan fingerprint density at radius 1 is 1.73 bits per heavy atom. The maximum absolute atomic E-state index is 5.59. The minimum absolute atomic E-state index is 0.371. The number of nitrogens with zero attached hydrogens (tertiary/aromatic N) is 1. The van der Waals surface area contributed by atoms with Crippen molar-refractivity contribution in [1.82, 2.24) is 4.98 Å². The van der Waals surface area contributed by atoms with E-state index in [9.17, 15) is 0 Å². The first-order chi connectivity index (χ1) is 5.25. The first-order valence-corrected chi connectivity index (χ1v) is 3.44. The van der Waals surface area contributed by atoms with Crippen LogP contribution in [0.4, 0.5) is 5.69 Å². The predicted octanol–water partition coefficient (Wildman–Crippen LogP) is 0.986. The second-order valence-corrected chi connectivity index (χ2v) is 2.33. The topological polar surface area (TPSA) is 48.1 Å². The molecule has 1 heterocycles. The van der Waals surface area contributed by atoms with Gasteiger partial charge in [0, 0.05) is 18.1 Å². The van der Waals surface area contributed by atoms with E-state index in [-0.39, 0.29) is 0 Å². The summed E-state index contributed by atoms with van der Waals surface area (Å²) in [6, 6.07) is 1.68. The fourth-order valence-electron chi connectivity index (χ4n) is 0.686. The van der Waals surface area contributed by atoms with Crippen molar-refractivity contribution < 1.29 is 4.74 Å². The van der Waals surface area contributed by atoms with E-state index in [2.05, 4.69) is 4.98 Å². The van der Waals surface area contributed by atoms with Crippen LogP contribution in [0.15, 0.2) is 18.5 Å². The molecule has 0 aromatic carbocycles. The maximum Gasteiger partial charge on any atom is 0.194 e. The Bertz CT molecular complexity index is 275. The van der Waals surface area contributed by atoms with Crippen LogP contribution >= 0.6 is 12.2 Å². The van der Waals surface area contributed by atoms with Crippen molar-refractivity contribution in [3.63, 3.8) is 0 Å². The van der Waals surface area contributed by atoms with Crippen LogP contribution < -0.4 is 5.73 Å². The van der Waals surface area contributed by atoms with Crippen molar-refractivity contribution in [2.45, 2.75) is 0 Å². The second-order valence-electron chi connectivity index (χ2n) is 1.95. The number of methoxy groups -OCH3 is 1. The Kier molecular flexibility index (Phi) is 2.38. The minimum Gasteiger partial charge on any atom is -0.486 e. The van der Waals surface area contributed by atoms with Crippen molar-refractivity contribution in [3.8, 4) is 0 Å². The average molecular weight is 168 g/mol. The molecule has 0 saturated heterocycles. The van der Waals surface area contributed by atoms with Crippen LogP contribution in [-0.4, -0.2) is 17.1 Å². The Labute approximate surface area is 70.2 Å². The molecule has 0 spiro atoms. The number of thiocarbonyl (C=S) groups is 1. The number of pyridine rings is 1. The first-order valence-electron chi connectivity index (χ1n) is 3.03. The maximum atomic E-state index is 5.59. The molecule has 4 heteroatoms. The lowest BCUT2D eigenvalue weighted by Gasteiger charge is -2.03. The molecule has 0 fully saturated rings. The smallest absolute Gasteiger partial charge is 0.194 e. The highest BCUT2D eigenvalue weighted by molar-refractivity contribution is 7.80. The van der Waals surface area contributed by atoms with Crippen LogP contribution in [0.2, 0.25) is 0 Å². The summed E-state index contributed by atoms with van der Waals surface area (Å²) in [5.41, 5.74) is 6.85. The molecule has 0 unspecified atom stereocenters. The SMILES string of the molecule is COC(=S)c1cnccc1N. The molecule has 0 amide bonds. The van der Waals surface area contributed by atoms with E-state index in [1.165, 1.54) is 7.11 Å². The number of aromatic nitrogens is 1. The summed E-state index contributed by atoms with van der Waals surface area (Å²) < 4.78 is 4.83. The average Bonchev–Trinajstić information content (AvgIpc) is 2.04. The molecule has 1 aromatic rings. The molecule has 0 atom stereocenters. The van der Waals surface area contributed by atoms with Gasteiger partial charge in [0.1, 0.15) is 0 Å². The number of nitrogen functional groups attached to an aromatic ring is 1. The molecule has 0 radical (unpaired) electrons. The van der Waals surface area contributed by atoms with E-state index in [0.717, 1.165) is 0 Å². The molecule has 1 aromatic heterocycles. The van der Waals surface area contributed by atoms with Gasteiger partial charge in [-0.05, 0) is 18.3 Å². The summed E-state index contributed by atoms with van der Waals surface area (Å²) in [4.78, 5) is 3.87. The summed E-state index contributed by atoms with van der Waals surface area (Å²) in [6.07, 6.45) is 3.19. The van der Waals surface area contributed by atoms with Gasteiger partial charge in [0.25, 0.3) is 0 Å². The van der Waals surface area contributed by atoms with E-state index in [0.29, 0.717) is 16.3 Å². The zero-order valence-electron chi connectivity index (χ0n) is 6.07. The zero-order valence-corrected chi connectivity index (χ0v) is 6.89. The third-order valence-corrected chi connectivity index (χ3v) is 1.65. The standard InChI is InChI=1S/C7H8N2OS/c1-10-7(11)5-4-9-3-2-6(5)8/h2-4H,1H3,(H2,8,9). The molecule has 58 valence electrons. The van der Waals surface area contributed by atoms with Gasteiger partial charge in [-0.15, -0.1) is 0 Å². The lowest BCUT2D eigenvalue weighted by atomic mass is 10.2. The van der Waals surface area contributed by atoms with Gasteiger partial charge in [0.15, 0.2) is 5.05 Å². The second kappa shape index (κ2) is 3.30. The Balaban J connectivity index is 3.03. The van der Waals surface area contributed by atoms with Crippen molar-refractivity contribution >= 4 is 23.0 Å². The molecule has 0 aliphatic heterocycles. The van der Waals surface area contributed by atoms with Crippen molar-refractivity contribution in [2.75, 3.05) is 12.8 Å². The van der Waals surface area contributed by atoms with Crippen LogP contribution in [0, 0.1) is 0 Å².